The van der Waals surface area contributed by atoms with Crippen molar-refractivity contribution >= 4 is 24.2 Å². The molecule has 0 aromatic heterocycles. The molecule has 4 nitrogen and oxygen atoms in total. The van der Waals surface area contributed by atoms with Crippen LogP contribution < -0.4 is 0 Å². The maximum absolute atomic E-state index is 10.8. The van der Waals surface area contributed by atoms with E-state index in [4.69, 9.17) is 5.11 Å². The molecule has 1 fully saturated rings. The third kappa shape index (κ3) is 1.70. The summed E-state index contributed by atoms with van der Waals surface area (Å²) in [6.45, 7) is 2.06. The van der Waals surface area contributed by atoms with Gasteiger partial charge in [0.15, 0.2) is 0 Å². The van der Waals surface area contributed by atoms with E-state index in [0.29, 0.717) is 6.54 Å². The second-order valence-electron chi connectivity index (χ2n) is 2.20. The molecule has 1 unspecified atom stereocenters. The van der Waals surface area contributed by atoms with Crippen molar-refractivity contribution in [3.8, 4) is 0 Å². The fourth-order valence-corrected chi connectivity index (χ4v) is 0.998. The third-order valence-electron chi connectivity index (χ3n) is 1.54. The molecule has 0 aromatic rings. The monoisotopic (exact) mass is 179 g/mol. The van der Waals surface area contributed by atoms with Crippen molar-refractivity contribution in [2.45, 2.75) is 19.4 Å². The highest BCUT2D eigenvalue weighted by molar-refractivity contribution is 6.04. The SMILES string of the molecule is CCN1C(=O)CC(O)C1=O.Cl. The van der Waals surface area contributed by atoms with Crippen LogP contribution in [0.2, 0.25) is 0 Å². The summed E-state index contributed by atoms with van der Waals surface area (Å²) in [5, 5.41) is 8.86. The number of aliphatic hydroxyl groups is 1. The molecule has 1 N–H and O–H groups in total. The van der Waals surface area contributed by atoms with Crippen LogP contribution in [0.4, 0.5) is 0 Å². The van der Waals surface area contributed by atoms with Gasteiger partial charge in [0.2, 0.25) is 5.91 Å². The van der Waals surface area contributed by atoms with Gasteiger partial charge in [-0.15, -0.1) is 12.4 Å². The van der Waals surface area contributed by atoms with Gasteiger partial charge in [-0.2, -0.15) is 0 Å². The van der Waals surface area contributed by atoms with Crippen molar-refractivity contribution < 1.29 is 14.7 Å². The van der Waals surface area contributed by atoms with Gasteiger partial charge in [0, 0.05) is 6.54 Å². The van der Waals surface area contributed by atoms with Gasteiger partial charge in [0.25, 0.3) is 5.91 Å². The lowest BCUT2D eigenvalue weighted by molar-refractivity contribution is -0.140. The van der Waals surface area contributed by atoms with E-state index in [1.807, 2.05) is 0 Å². The summed E-state index contributed by atoms with van der Waals surface area (Å²) in [5.41, 5.74) is 0. The van der Waals surface area contributed by atoms with Crippen LogP contribution in [-0.4, -0.2) is 34.5 Å². The van der Waals surface area contributed by atoms with E-state index in [1.165, 1.54) is 0 Å². The van der Waals surface area contributed by atoms with E-state index in [0.717, 1.165) is 4.90 Å². The molecule has 1 rings (SSSR count). The van der Waals surface area contributed by atoms with Crippen molar-refractivity contribution in [2.75, 3.05) is 6.54 Å². The summed E-state index contributed by atoms with van der Waals surface area (Å²) in [5.74, 6) is -0.743. The molecule has 2 amide bonds. The predicted octanol–water partition coefficient (Wildman–Crippen LogP) is -0.452. The summed E-state index contributed by atoms with van der Waals surface area (Å²) < 4.78 is 0. The van der Waals surface area contributed by atoms with E-state index in [9.17, 15) is 9.59 Å². The van der Waals surface area contributed by atoms with Crippen molar-refractivity contribution in [3.63, 3.8) is 0 Å². The van der Waals surface area contributed by atoms with Gasteiger partial charge in [-0.25, -0.2) is 0 Å². The zero-order valence-electron chi connectivity index (χ0n) is 6.11. The zero-order chi connectivity index (χ0) is 7.72. The van der Waals surface area contributed by atoms with Crippen LogP contribution in [0.25, 0.3) is 0 Å². The number of likely N-dealkylation sites (tertiary alicyclic amines) is 1. The molecule has 1 aliphatic heterocycles. The van der Waals surface area contributed by atoms with Crippen LogP contribution in [0.15, 0.2) is 0 Å². The number of rotatable bonds is 1. The molecule has 0 aliphatic carbocycles. The lowest BCUT2D eigenvalue weighted by Crippen LogP contribution is -2.31. The number of imide groups is 1. The number of likely N-dealkylation sites (N-methyl/N-ethyl adjacent to an activating group) is 1. The second-order valence-corrected chi connectivity index (χ2v) is 2.20. The summed E-state index contributed by atoms with van der Waals surface area (Å²) in [4.78, 5) is 22.6. The van der Waals surface area contributed by atoms with Crippen LogP contribution in [0.5, 0.6) is 0 Å². The number of aliphatic hydroxyl groups excluding tert-OH is 1. The Bertz CT molecular complexity index is 183. The number of nitrogens with zero attached hydrogens (tertiary/aromatic N) is 1. The van der Waals surface area contributed by atoms with E-state index >= 15 is 0 Å². The second kappa shape index (κ2) is 3.69. The predicted molar refractivity (Wildman–Crippen MR) is 40.3 cm³/mol. The molecule has 1 saturated heterocycles. The molecule has 0 bridgehead atoms. The molecule has 64 valence electrons. The van der Waals surface area contributed by atoms with Crippen molar-refractivity contribution in [1.82, 2.24) is 4.90 Å². The maximum Gasteiger partial charge on any atom is 0.258 e. The van der Waals surface area contributed by atoms with Crippen molar-refractivity contribution in [2.24, 2.45) is 0 Å². The van der Waals surface area contributed by atoms with Gasteiger partial charge >= 0.3 is 0 Å². The van der Waals surface area contributed by atoms with Crippen molar-refractivity contribution in [3.05, 3.63) is 0 Å². The summed E-state index contributed by atoms with van der Waals surface area (Å²) >= 11 is 0. The highest BCUT2D eigenvalue weighted by Gasteiger charge is 2.35. The average molecular weight is 180 g/mol. The molecular weight excluding hydrogens is 170 g/mol. The molecule has 1 heterocycles. The Kier molecular flexibility index (Phi) is 3.48. The van der Waals surface area contributed by atoms with Crippen LogP contribution in [0, 0.1) is 0 Å². The first kappa shape index (κ1) is 10.4. The minimum atomic E-state index is -1.09. The highest BCUT2D eigenvalue weighted by atomic mass is 35.5. The lowest BCUT2D eigenvalue weighted by atomic mass is 10.3. The number of carbonyl (C=O) groups is 2. The molecule has 0 aromatic carbocycles. The lowest BCUT2D eigenvalue weighted by Gasteiger charge is -2.08. The average Bonchev–Trinajstić information content (AvgIpc) is 2.09. The van der Waals surface area contributed by atoms with E-state index in [2.05, 4.69) is 0 Å². The fourth-order valence-electron chi connectivity index (χ4n) is 0.998. The summed E-state index contributed by atoms with van der Waals surface area (Å²) in [6, 6.07) is 0. The standard InChI is InChI=1S/C6H9NO3.ClH/c1-2-7-5(9)3-4(8)6(7)10;/h4,8H,2-3H2,1H3;1H. The maximum atomic E-state index is 10.8. The Hall–Kier alpha value is -0.610. The Morgan fingerprint density at radius 3 is 2.36 bits per heavy atom. The molecule has 0 spiro atoms. The first-order valence-electron chi connectivity index (χ1n) is 3.19. The molecule has 1 atom stereocenters. The van der Waals surface area contributed by atoms with E-state index in [-0.39, 0.29) is 24.7 Å². The molecular formula is C6H10ClNO3. The minimum absolute atomic E-state index is 0. The number of halogens is 1. The number of carbonyl (C=O) groups excluding carboxylic acids is 2. The van der Waals surface area contributed by atoms with E-state index < -0.39 is 12.0 Å². The Morgan fingerprint density at radius 2 is 2.18 bits per heavy atom. The van der Waals surface area contributed by atoms with Crippen molar-refractivity contribution in [1.29, 1.82) is 0 Å². The van der Waals surface area contributed by atoms with Crippen LogP contribution >= 0.6 is 12.4 Å². The number of hydrogen-bond donors (Lipinski definition) is 1. The highest BCUT2D eigenvalue weighted by Crippen LogP contribution is 2.11. The molecule has 5 heteroatoms. The molecule has 11 heavy (non-hydrogen) atoms. The van der Waals surface area contributed by atoms with Gasteiger partial charge in [0.05, 0.1) is 6.42 Å². The van der Waals surface area contributed by atoms with Gasteiger partial charge < -0.3 is 5.11 Å². The Balaban J connectivity index is 0.000001000. The normalized spacial score (nSPS) is 23.8. The van der Waals surface area contributed by atoms with Crippen LogP contribution in [0.1, 0.15) is 13.3 Å². The smallest absolute Gasteiger partial charge is 0.258 e. The zero-order valence-corrected chi connectivity index (χ0v) is 6.93. The van der Waals surface area contributed by atoms with Gasteiger partial charge in [0.1, 0.15) is 6.10 Å². The van der Waals surface area contributed by atoms with E-state index in [1.54, 1.807) is 6.92 Å². The largest absolute Gasteiger partial charge is 0.383 e. The van der Waals surface area contributed by atoms with Crippen LogP contribution in [0.3, 0.4) is 0 Å². The summed E-state index contributed by atoms with van der Waals surface area (Å²) in [6.07, 6.45) is -1.14. The molecule has 1 aliphatic rings. The first-order valence-corrected chi connectivity index (χ1v) is 3.19. The molecule has 0 saturated carbocycles. The minimum Gasteiger partial charge on any atom is -0.383 e. The van der Waals surface area contributed by atoms with Gasteiger partial charge in [-0.3, -0.25) is 14.5 Å². The first-order chi connectivity index (χ1) is 4.66. The molecule has 0 radical (unpaired) electrons. The van der Waals surface area contributed by atoms with Gasteiger partial charge in [-0.1, -0.05) is 0 Å². The quantitative estimate of drug-likeness (QED) is 0.555. The van der Waals surface area contributed by atoms with Gasteiger partial charge in [-0.05, 0) is 6.92 Å². The third-order valence-corrected chi connectivity index (χ3v) is 1.54. The topological polar surface area (TPSA) is 57.6 Å². The Labute approximate surface area is 70.6 Å². The number of amides is 2. The van der Waals surface area contributed by atoms with Crippen LogP contribution in [-0.2, 0) is 9.59 Å². The number of hydrogen-bond acceptors (Lipinski definition) is 3. The fraction of sp³-hybridized carbons (Fsp3) is 0.667. The summed E-state index contributed by atoms with van der Waals surface area (Å²) in [7, 11) is 0. The Morgan fingerprint density at radius 1 is 1.64 bits per heavy atom.